The number of hydrogen-bond donors (Lipinski definition) is 0. The second-order valence-corrected chi connectivity index (χ2v) is 8.70. The van der Waals surface area contributed by atoms with Crippen molar-refractivity contribution in [3.63, 3.8) is 0 Å². The molecule has 0 radical (unpaired) electrons. The van der Waals surface area contributed by atoms with Gasteiger partial charge in [0.1, 0.15) is 16.7 Å². The minimum absolute atomic E-state index is 0.126. The van der Waals surface area contributed by atoms with Crippen LogP contribution in [-0.4, -0.2) is 34.2 Å². The highest BCUT2D eigenvalue weighted by Gasteiger charge is 2.31. The minimum atomic E-state index is -0.256. The second kappa shape index (κ2) is 11.1. The zero-order valence-electron chi connectivity index (χ0n) is 17.6. The van der Waals surface area contributed by atoms with Crippen LogP contribution in [0.5, 0.6) is 5.75 Å². The Labute approximate surface area is 192 Å². The lowest BCUT2D eigenvalue weighted by molar-refractivity contribution is -0.143. The topological polar surface area (TPSA) is 55.8 Å². The average Bonchev–Trinajstić information content (AvgIpc) is 3.02. The Morgan fingerprint density at radius 2 is 1.90 bits per heavy atom. The van der Waals surface area contributed by atoms with Crippen molar-refractivity contribution in [3.05, 3.63) is 70.1 Å². The van der Waals surface area contributed by atoms with Gasteiger partial charge >= 0.3 is 5.97 Å². The van der Waals surface area contributed by atoms with Crippen molar-refractivity contribution >= 4 is 46.3 Å². The fourth-order valence-electron chi connectivity index (χ4n) is 3.05. The molecule has 1 fully saturated rings. The third kappa shape index (κ3) is 6.42. The first kappa shape index (κ1) is 23.0. The maximum Gasteiger partial charge on any atom is 0.305 e. The number of benzene rings is 2. The molecule has 1 aliphatic heterocycles. The van der Waals surface area contributed by atoms with E-state index in [2.05, 4.69) is 19.1 Å². The van der Waals surface area contributed by atoms with Gasteiger partial charge in [-0.15, -0.1) is 0 Å². The van der Waals surface area contributed by atoms with Crippen LogP contribution >= 0.6 is 24.0 Å². The highest BCUT2D eigenvalue weighted by molar-refractivity contribution is 8.26. The molecule has 0 spiro atoms. The van der Waals surface area contributed by atoms with Crippen molar-refractivity contribution in [3.8, 4) is 5.75 Å². The van der Waals surface area contributed by atoms with Gasteiger partial charge in [0.25, 0.3) is 5.91 Å². The normalized spacial score (nSPS) is 14.9. The first-order valence-electron chi connectivity index (χ1n) is 10.2. The predicted octanol–water partition coefficient (Wildman–Crippen LogP) is 5.12. The van der Waals surface area contributed by atoms with Crippen molar-refractivity contribution in [2.45, 2.75) is 33.3 Å². The van der Waals surface area contributed by atoms with E-state index in [1.807, 2.05) is 42.5 Å². The summed E-state index contributed by atoms with van der Waals surface area (Å²) in [5.41, 5.74) is 3.25. The number of thioether (sulfide) groups is 1. The van der Waals surface area contributed by atoms with E-state index >= 15 is 0 Å². The number of amides is 1. The largest absolute Gasteiger partial charge is 0.489 e. The highest BCUT2D eigenvalue weighted by Crippen LogP contribution is 2.33. The molecule has 0 N–H and O–H groups in total. The molecule has 2 aromatic rings. The third-order valence-corrected chi connectivity index (χ3v) is 6.15. The molecule has 0 aromatic heterocycles. The molecule has 0 unspecified atom stereocenters. The van der Waals surface area contributed by atoms with Crippen LogP contribution in [-0.2, 0) is 20.9 Å². The number of thiocarbonyl (C=S) groups is 1. The number of rotatable bonds is 9. The fraction of sp³-hybridized carbons (Fsp3) is 0.292. The van der Waals surface area contributed by atoms with Gasteiger partial charge in [-0.2, -0.15) is 0 Å². The lowest BCUT2D eigenvalue weighted by Gasteiger charge is -2.13. The number of hydrogen-bond acceptors (Lipinski definition) is 6. The zero-order valence-corrected chi connectivity index (χ0v) is 19.3. The number of carbonyl (C=O) groups is 2. The van der Waals surface area contributed by atoms with Crippen molar-refractivity contribution in [1.29, 1.82) is 0 Å². The van der Waals surface area contributed by atoms with Gasteiger partial charge < -0.3 is 9.47 Å². The molecule has 7 heteroatoms. The number of esters is 1. The molecule has 0 atom stereocenters. The SMILES string of the molecule is CCOC(=O)CCCN1C(=O)/C(=C/c2ccc(OCc3ccccc3C)cc2)SC1=S. The quantitative estimate of drug-likeness (QED) is 0.297. The van der Waals surface area contributed by atoms with Crippen LogP contribution in [0.15, 0.2) is 53.4 Å². The van der Waals surface area contributed by atoms with Gasteiger partial charge in [-0.1, -0.05) is 60.4 Å². The Hall–Kier alpha value is -2.64. The van der Waals surface area contributed by atoms with Crippen LogP contribution in [0.2, 0.25) is 0 Å². The van der Waals surface area contributed by atoms with E-state index < -0.39 is 0 Å². The van der Waals surface area contributed by atoms with Crippen molar-refractivity contribution in [2.24, 2.45) is 0 Å². The lowest BCUT2D eigenvalue weighted by Crippen LogP contribution is -2.29. The molecule has 1 aliphatic rings. The number of nitrogens with zero attached hydrogens (tertiary/aromatic N) is 1. The second-order valence-electron chi connectivity index (χ2n) is 7.03. The zero-order chi connectivity index (χ0) is 22.2. The monoisotopic (exact) mass is 455 g/mol. The predicted molar refractivity (Wildman–Crippen MR) is 128 cm³/mol. The van der Waals surface area contributed by atoms with Crippen molar-refractivity contribution in [2.75, 3.05) is 13.2 Å². The number of ether oxygens (including phenoxy) is 2. The molecular formula is C24H25NO4S2. The van der Waals surface area contributed by atoms with E-state index in [4.69, 9.17) is 21.7 Å². The maximum absolute atomic E-state index is 12.7. The summed E-state index contributed by atoms with van der Waals surface area (Å²) in [6.07, 6.45) is 2.62. The van der Waals surface area contributed by atoms with E-state index in [1.165, 1.54) is 17.3 Å². The van der Waals surface area contributed by atoms with E-state index in [1.54, 1.807) is 11.8 Å². The third-order valence-electron chi connectivity index (χ3n) is 4.77. The Morgan fingerprint density at radius 3 is 2.61 bits per heavy atom. The van der Waals surface area contributed by atoms with Crippen LogP contribution in [0.3, 0.4) is 0 Å². The van der Waals surface area contributed by atoms with Crippen LogP contribution in [0.1, 0.15) is 36.5 Å². The Morgan fingerprint density at radius 1 is 1.16 bits per heavy atom. The summed E-state index contributed by atoms with van der Waals surface area (Å²) in [5.74, 6) is 0.388. The smallest absolute Gasteiger partial charge is 0.305 e. The summed E-state index contributed by atoms with van der Waals surface area (Å²) >= 11 is 6.62. The molecule has 5 nitrogen and oxygen atoms in total. The molecule has 2 aromatic carbocycles. The van der Waals surface area contributed by atoms with E-state index in [-0.39, 0.29) is 18.3 Å². The molecule has 1 saturated heterocycles. The molecule has 0 bridgehead atoms. The average molecular weight is 456 g/mol. The first-order valence-corrected chi connectivity index (χ1v) is 11.4. The summed E-state index contributed by atoms with van der Waals surface area (Å²) in [6, 6.07) is 15.8. The molecule has 162 valence electrons. The van der Waals surface area contributed by atoms with Gasteiger partial charge in [-0.3, -0.25) is 14.5 Å². The van der Waals surface area contributed by atoms with Crippen LogP contribution in [0, 0.1) is 6.92 Å². The molecule has 3 rings (SSSR count). The Balaban J connectivity index is 1.56. The highest BCUT2D eigenvalue weighted by atomic mass is 32.2. The fourth-order valence-corrected chi connectivity index (χ4v) is 4.36. The molecule has 31 heavy (non-hydrogen) atoms. The van der Waals surface area contributed by atoms with Crippen LogP contribution < -0.4 is 4.74 Å². The van der Waals surface area contributed by atoms with E-state index in [9.17, 15) is 9.59 Å². The van der Waals surface area contributed by atoms with Gasteiger partial charge in [0, 0.05) is 13.0 Å². The summed E-state index contributed by atoms with van der Waals surface area (Å²) in [6.45, 7) is 5.11. The summed E-state index contributed by atoms with van der Waals surface area (Å²) in [5, 5.41) is 0. The number of aryl methyl sites for hydroxylation is 1. The Kier molecular flexibility index (Phi) is 8.26. The summed E-state index contributed by atoms with van der Waals surface area (Å²) < 4.78 is 11.3. The van der Waals surface area contributed by atoms with Gasteiger partial charge in [-0.05, 0) is 55.2 Å². The summed E-state index contributed by atoms with van der Waals surface area (Å²) in [4.78, 5) is 26.3. The Bertz CT molecular complexity index is 985. The van der Waals surface area contributed by atoms with Gasteiger partial charge in [-0.25, -0.2) is 0 Å². The molecule has 1 heterocycles. The standard InChI is InChI=1S/C24H25NO4S2/c1-3-28-22(26)9-6-14-25-23(27)21(31-24(25)30)15-18-10-12-20(13-11-18)29-16-19-8-5-4-7-17(19)2/h4-5,7-8,10-13,15H,3,6,9,14,16H2,1-2H3/b21-15-. The molecule has 0 saturated carbocycles. The van der Waals surface area contributed by atoms with Crippen molar-refractivity contribution in [1.82, 2.24) is 4.90 Å². The minimum Gasteiger partial charge on any atom is -0.489 e. The molecular weight excluding hydrogens is 430 g/mol. The first-order chi connectivity index (χ1) is 15.0. The lowest BCUT2D eigenvalue weighted by atomic mass is 10.1. The van der Waals surface area contributed by atoms with E-state index in [0.717, 1.165) is 16.9 Å². The molecule has 1 amide bonds. The maximum atomic E-state index is 12.7. The number of carbonyl (C=O) groups excluding carboxylic acids is 2. The van der Waals surface area contributed by atoms with Crippen LogP contribution in [0.25, 0.3) is 6.08 Å². The summed E-state index contributed by atoms with van der Waals surface area (Å²) in [7, 11) is 0. The van der Waals surface area contributed by atoms with Gasteiger partial charge in [0.15, 0.2) is 0 Å². The van der Waals surface area contributed by atoms with Crippen LogP contribution in [0.4, 0.5) is 0 Å². The van der Waals surface area contributed by atoms with Gasteiger partial charge in [0.2, 0.25) is 0 Å². The van der Waals surface area contributed by atoms with E-state index in [0.29, 0.717) is 35.4 Å². The van der Waals surface area contributed by atoms with Crippen molar-refractivity contribution < 1.29 is 19.1 Å². The van der Waals surface area contributed by atoms with Gasteiger partial charge in [0.05, 0.1) is 11.5 Å². The molecule has 0 aliphatic carbocycles.